The fraction of sp³-hybridized carbons (Fsp3) is 0.381. The summed E-state index contributed by atoms with van der Waals surface area (Å²) in [5, 5.41) is 9.59. The van der Waals surface area contributed by atoms with E-state index in [4.69, 9.17) is 0 Å². The van der Waals surface area contributed by atoms with Gasteiger partial charge in [0.2, 0.25) is 0 Å². The number of benzene rings is 2. The fourth-order valence-electron chi connectivity index (χ4n) is 3.12. The van der Waals surface area contributed by atoms with Crippen LogP contribution in [-0.4, -0.2) is 23.9 Å². The van der Waals surface area contributed by atoms with Crippen LogP contribution in [0, 0.1) is 5.92 Å². The van der Waals surface area contributed by atoms with Gasteiger partial charge in [-0.2, -0.15) is 26.3 Å². The zero-order valence-electron chi connectivity index (χ0n) is 16.1. The van der Waals surface area contributed by atoms with Crippen LogP contribution in [0.2, 0.25) is 0 Å². The monoisotopic (exact) mass is 434 g/mol. The molecule has 0 fully saturated rings. The molecule has 2 aromatic carbocycles. The van der Waals surface area contributed by atoms with Crippen LogP contribution in [0.5, 0.6) is 5.75 Å². The van der Waals surface area contributed by atoms with E-state index in [1.54, 1.807) is 44.2 Å². The van der Waals surface area contributed by atoms with Gasteiger partial charge < -0.3 is 9.84 Å². The molecular weight excluding hydrogens is 414 g/mol. The quantitative estimate of drug-likeness (QED) is 0.504. The molecule has 2 aromatic rings. The number of ether oxygens (including phenoxy) is 1. The van der Waals surface area contributed by atoms with E-state index in [9.17, 15) is 36.2 Å². The number of carbonyl (C=O) groups is 1. The zero-order valence-corrected chi connectivity index (χ0v) is 16.1. The van der Waals surface area contributed by atoms with E-state index in [1.165, 1.54) is 0 Å². The van der Waals surface area contributed by atoms with Crippen LogP contribution in [0.4, 0.5) is 26.3 Å². The van der Waals surface area contributed by atoms with E-state index in [0.717, 1.165) is 12.1 Å². The van der Waals surface area contributed by atoms with Crippen LogP contribution in [0.1, 0.15) is 37.3 Å². The van der Waals surface area contributed by atoms with Gasteiger partial charge in [0.05, 0.1) is 5.92 Å². The Morgan fingerprint density at radius 3 is 2.07 bits per heavy atom. The average molecular weight is 434 g/mol. The third kappa shape index (κ3) is 6.14. The summed E-state index contributed by atoms with van der Waals surface area (Å²) >= 11 is 0. The van der Waals surface area contributed by atoms with E-state index in [1.807, 2.05) is 0 Å². The molecule has 0 radical (unpaired) electrons. The summed E-state index contributed by atoms with van der Waals surface area (Å²) in [6.45, 7) is 1.35. The first-order valence-corrected chi connectivity index (χ1v) is 9.02. The highest BCUT2D eigenvalue weighted by Gasteiger charge is 2.42. The van der Waals surface area contributed by atoms with Crippen LogP contribution in [0.25, 0.3) is 11.1 Å². The number of carboxylic acids is 1. The lowest BCUT2D eigenvalue weighted by Crippen LogP contribution is -2.24. The minimum atomic E-state index is -5.11. The third-order valence-electron chi connectivity index (χ3n) is 4.30. The fourth-order valence-corrected chi connectivity index (χ4v) is 3.12. The highest BCUT2D eigenvalue weighted by molar-refractivity contribution is 5.79. The Hall–Kier alpha value is -2.71. The topological polar surface area (TPSA) is 46.5 Å². The molecule has 3 nitrogen and oxygen atoms in total. The molecule has 30 heavy (non-hydrogen) atoms. The molecule has 0 aliphatic rings. The lowest BCUT2D eigenvalue weighted by molar-refractivity contribution is -0.159. The van der Waals surface area contributed by atoms with Gasteiger partial charge in [-0.15, -0.1) is 0 Å². The van der Waals surface area contributed by atoms with Crippen molar-refractivity contribution in [2.75, 3.05) is 6.61 Å². The molecule has 0 aliphatic heterocycles. The standard InChI is InChI=1S/C21H20F6O3/c1-12(2)8-16(19(28)29)15-9-14(13-6-4-3-5-7-13)10-17(18(15)21(25,26)27)30-11-20(22,23)24/h3-7,9-10,12,16H,8,11H2,1-2H3,(H,28,29). The first kappa shape index (κ1) is 23.6. The van der Waals surface area contributed by atoms with Gasteiger partial charge in [-0.1, -0.05) is 44.2 Å². The SMILES string of the molecule is CC(C)CC(C(=O)O)c1cc(-c2ccccc2)cc(OCC(F)(F)F)c1C(F)(F)F. The molecule has 2 rings (SSSR count). The van der Waals surface area contributed by atoms with Gasteiger partial charge in [0.15, 0.2) is 6.61 Å². The number of rotatable bonds is 7. The van der Waals surface area contributed by atoms with Gasteiger partial charge >= 0.3 is 18.3 Å². The molecule has 0 aliphatic carbocycles. The molecule has 0 spiro atoms. The van der Waals surface area contributed by atoms with Crippen molar-refractivity contribution in [2.24, 2.45) is 5.92 Å². The van der Waals surface area contributed by atoms with Crippen LogP contribution >= 0.6 is 0 Å². The van der Waals surface area contributed by atoms with E-state index in [2.05, 4.69) is 4.74 Å². The maximum Gasteiger partial charge on any atom is 0.422 e. The molecule has 0 heterocycles. The van der Waals surface area contributed by atoms with E-state index in [-0.39, 0.29) is 17.9 Å². The van der Waals surface area contributed by atoms with Gasteiger partial charge in [0.1, 0.15) is 11.3 Å². The van der Waals surface area contributed by atoms with Crippen LogP contribution < -0.4 is 4.74 Å². The molecule has 0 saturated heterocycles. The third-order valence-corrected chi connectivity index (χ3v) is 4.30. The molecule has 0 saturated carbocycles. The van der Waals surface area contributed by atoms with Crippen molar-refractivity contribution in [2.45, 2.75) is 38.5 Å². The van der Waals surface area contributed by atoms with Crippen molar-refractivity contribution in [3.05, 3.63) is 53.6 Å². The van der Waals surface area contributed by atoms with Gasteiger partial charge in [-0.05, 0) is 41.2 Å². The summed E-state index contributed by atoms with van der Waals surface area (Å²) in [5.74, 6) is -4.39. The second-order valence-corrected chi connectivity index (χ2v) is 7.23. The minimum Gasteiger partial charge on any atom is -0.483 e. The van der Waals surface area contributed by atoms with Crippen molar-refractivity contribution in [3.63, 3.8) is 0 Å². The van der Waals surface area contributed by atoms with Crippen LogP contribution in [0.15, 0.2) is 42.5 Å². The second kappa shape index (κ2) is 8.97. The normalized spacial score (nSPS) is 13.4. The first-order valence-electron chi connectivity index (χ1n) is 9.02. The molecule has 164 valence electrons. The smallest absolute Gasteiger partial charge is 0.422 e. The Morgan fingerprint density at radius 1 is 1.00 bits per heavy atom. The maximum atomic E-state index is 13.9. The van der Waals surface area contributed by atoms with Crippen molar-refractivity contribution in [3.8, 4) is 16.9 Å². The molecule has 0 aromatic heterocycles. The Kier molecular flexibility index (Phi) is 7.05. The van der Waals surface area contributed by atoms with Crippen molar-refractivity contribution in [1.29, 1.82) is 0 Å². The zero-order chi connectivity index (χ0) is 22.7. The lowest BCUT2D eigenvalue weighted by Gasteiger charge is -2.24. The van der Waals surface area contributed by atoms with E-state index < -0.39 is 47.7 Å². The van der Waals surface area contributed by atoms with Gasteiger partial charge in [0.25, 0.3) is 0 Å². The highest BCUT2D eigenvalue weighted by atomic mass is 19.4. The number of alkyl halides is 6. The summed E-state index contributed by atoms with van der Waals surface area (Å²) in [7, 11) is 0. The molecule has 1 unspecified atom stereocenters. The summed E-state index contributed by atoms with van der Waals surface area (Å²) in [5.41, 5.74) is -1.58. The molecular formula is C21H20F6O3. The highest BCUT2D eigenvalue weighted by Crippen LogP contribution is 2.45. The molecule has 1 N–H and O–H groups in total. The number of hydrogen-bond donors (Lipinski definition) is 1. The average Bonchev–Trinajstić information content (AvgIpc) is 2.62. The number of halogens is 6. The Bertz CT molecular complexity index is 873. The maximum absolute atomic E-state index is 13.9. The van der Waals surface area contributed by atoms with Crippen molar-refractivity contribution >= 4 is 5.97 Å². The Labute approximate surface area is 169 Å². The molecule has 0 amide bonds. The number of hydrogen-bond acceptors (Lipinski definition) is 2. The lowest BCUT2D eigenvalue weighted by atomic mass is 9.85. The van der Waals surface area contributed by atoms with Crippen LogP contribution in [0.3, 0.4) is 0 Å². The predicted molar refractivity (Wildman–Crippen MR) is 98.3 cm³/mol. The van der Waals surface area contributed by atoms with Gasteiger partial charge in [0, 0.05) is 0 Å². The second-order valence-electron chi connectivity index (χ2n) is 7.23. The minimum absolute atomic E-state index is 0.130. The first-order chi connectivity index (χ1) is 13.8. The summed E-state index contributed by atoms with van der Waals surface area (Å²) in [6, 6.07) is 9.91. The van der Waals surface area contributed by atoms with Crippen LogP contribution in [-0.2, 0) is 11.0 Å². The number of carboxylic acid groups (broad SMARTS) is 1. The van der Waals surface area contributed by atoms with E-state index in [0.29, 0.717) is 5.56 Å². The summed E-state index contributed by atoms with van der Waals surface area (Å²) in [4.78, 5) is 11.8. The van der Waals surface area contributed by atoms with E-state index >= 15 is 0 Å². The number of aliphatic carboxylic acids is 1. The van der Waals surface area contributed by atoms with Crippen molar-refractivity contribution in [1.82, 2.24) is 0 Å². The predicted octanol–water partition coefficient (Wildman–Crippen LogP) is 6.53. The molecule has 1 atom stereocenters. The van der Waals surface area contributed by atoms with Gasteiger partial charge in [-0.3, -0.25) is 4.79 Å². The molecule has 0 bridgehead atoms. The molecule has 9 heteroatoms. The largest absolute Gasteiger partial charge is 0.483 e. The Morgan fingerprint density at radius 2 is 1.60 bits per heavy atom. The summed E-state index contributed by atoms with van der Waals surface area (Å²) < 4.78 is 84.1. The summed E-state index contributed by atoms with van der Waals surface area (Å²) in [6.07, 6.45) is -10.1. The van der Waals surface area contributed by atoms with Gasteiger partial charge in [-0.25, -0.2) is 0 Å². The van der Waals surface area contributed by atoms with Crippen molar-refractivity contribution < 1.29 is 41.0 Å². The Balaban J connectivity index is 2.79.